The van der Waals surface area contributed by atoms with Crippen molar-refractivity contribution in [3.63, 3.8) is 0 Å². The van der Waals surface area contributed by atoms with E-state index in [-0.39, 0.29) is 18.0 Å². The van der Waals surface area contributed by atoms with Gasteiger partial charge in [0.05, 0.1) is 5.92 Å². The fourth-order valence-electron chi connectivity index (χ4n) is 2.45. The summed E-state index contributed by atoms with van der Waals surface area (Å²) in [6, 6.07) is 0. The standard InChI is InChI=1S/C12H22O2/c1-5-6-8(2)11-9(3)7-10(4)12(13)14-11/h8-11H,5-7H2,1-4H3/t8-,9-,10-,11?/m1/s1. The molecular weight excluding hydrogens is 176 g/mol. The van der Waals surface area contributed by atoms with Gasteiger partial charge in [0.1, 0.15) is 6.10 Å². The van der Waals surface area contributed by atoms with E-state index >= 15 is 0 Å². The molecule has 2 nitrogen and oxygen atoms in total. The van der Waals surface area contributed by atoms with Crippen molar-refractivity contribution < 1.29 is 9.53 Å². The molecule has 2 heteroatoms. The Kier molecular flexibility index (Phi) is 3.97. The summed E-state index contributed by atoms with van der Waals surface area (Å²) in [5, 5.41) is 0. The van der Waals surface area contributed by atoms with Gasteiger partial charge in [-0.05, 0) is 24.7 Å². The fraction of sp³-hybridized carbons (Fsp3) is 0.917. The normalized spacial score (nSPS) is 35.1. The predicted molar refractivity (Wildman–Crippen MR) is 56.9 cm³/mol. The molecule has 1 aliphatic heterocycles. The lowest BCUT2D eigenvalue weighted by atomic mass is 9.82. The summed E-state index contributed by atoms with van der Waals surface area (Å²) in [7, 11) is 0. The summed E-state index contributed by atoms with van der Waals surface area (Å²) in [6.07, 6.45) is 3.45. The topological polar surface area (TPSA) is 26.3 Å². The van der Waals surface area contributed by atoms with Crippen LogP contribution in [0.2, 0.25) is 0 Å². The van der Waals surface area contributed by atoms with Crippen LogP contribution in [0.1, 0.15) is 47.0 Å². The molecule has 0 bridgehead atoms. The van der Waals surface area contributed by atoms with E-state index < -0.39 is 0 Å². The Hall–Kier alpha value is -0.530. The molecule has 1 fully saturated rings. The molecule has 0 aromatic carbocycles. The summed E-state index contributed by atoms with van der Waals surface area (Å²) in [6.45, 7) is 8.52. The number of ether oxygens (including phenoxy) is 1. The monoisotopic (exact) mass is 198 g/mol. The van der Waals surface area contributed by atoms with Gasteiger partial charge >= 0.3 is 5.97 Å². The van der Waals surface area contributed by atoms with Crippen LogP contribution in [-0.4, -0.2) is 12.1 Å². The Morgan fingerprint density at radius 2 is 2.14 bits per heavy atom. The Balaban J connectivity index is 2.56. The van der Waals surface area contributed by atoms with Gasteiger partial charge in [-0.15, -0.1) is 0 Å². The van der Waals surface area contributed by atoms with E-state index in [2.05, 4.69) is 20.8 Å². The van der Waals surface area contributed by atoms with Crippen molar-refractivity contribution in [2.45, 2.75) is 53.1 Å². The fourth-order valence-corrected chi connectivity index (χ4v) is 2.45. The van der Waals surface area contributed by atoms with E-state index in [1.807, 2.05) is 6.92 Å². The van der Waals surface area contributed by atoms with Crippen molar-refractivity contribution in [3.8, 4) is 0 Å². The van der Waals surface area contributed by atoms with E-state index in [9.17, 15) is 4.79 Å². The summed E-state index contributed by atoms with van der Waals surface area (Å²) in [5.41, 5.74) is 0. The molecule has 0 aromatic heterocycles. The number of hydrogen-bond donors (Lipinski definition) is 0. The van der Waals surface area contributed by atoms with Crippen LogP contribution in [0.25, 0.3) is 0 Å². The molecule has 4 atom stereocenters. The predicted octanol–water partition coefficient (Wildman–Crippen LogP) is 3.01. The van der Waals surface area contributed by atoms with Crippen molar-refractivity contribution in [2.75, 3.05) is 0 Å². The maximum Gasteiger partial charge on any atom is 0.308 e. The number of cyclic esters (lactones) is 1. The van der Waals surface area contributed by atoms with Crippen LogP contribution in [0.15, 0.2) is 0 Å². The lowest BCUT2D eigenvalue weighted by molar-refractivity contribution is -0.168. The second-order valence-electron chi connectivity index (χ2n) is 4.78. The van der Waals surface area contributed by atoms with Crippen molar-refractivity contribution >= 4 is 5.97 Å². The van der Waals surface area contributed by atoms with Crippen molar-refractivity contribution in [1.82, 2.24) is 0 Å². The van der Waals surface area contributed by atoms with Gasteiger partial charge in [0.25, 0.3) is 0 Å². The highest BCUT2D eigenvalue weighted by atomic mass is 16.5. The minimum absolute atomic E-state index is 0.00365. The molecule has 0 aromatic rings. The SMILES string of the molecule is CCC[C@@H](C)C1OC(=O)[C@H](C)C[C@H]1C. The van der Waals surface area contributed by atoms with Gasteiger partial charge in [-0.25, -0.2) is 0 Å². The Bertz CT molecular complexity index is 196. The quantitative estimate of drug-likeness (QED) is 0.652. The molecule has 82 valence electrons. The van der Waals surface area contributed by atoms with Gasteiger partial charge in [-0.2, -0.15) is 0 Å². The van der Waals surface area contributed by atoms with Crippen LogP contribution in [0.5, 0.6) is 0 Å². The highest BCUT2D eigenvalue weighted by molar-refractivity contribution is 5.73. The Labute approximate surface area is 87.0 Å². The summed E-state index contributed by atoms with van der Waals surface area (Å²) >= 11 is 0. The smallest absolute Gasteiger partial charge is 0.308 e. The van der Waals surface area contributed by atoms with Gasteiger partial charge in [0, 0.05) is 0 Å². The largest absolute Gasteiger partial charge is 0.462 e. The average molecular weight is 198 g/mol. The maximum atomic E-state index is 11.4. The van der Waals surface area contributed by atoms with Crippen molar-refractivity contribution in [1.29, 1.82) is 0 Å². The van der Waals surface area contributed by atoms with E-state index in [4.69, 9.17) is 4.74 Å². The third-order valence-electron chi connectivity index (χ3n) is 3.25. The van der Waals surface area contributed by atoms with Crippen LogP contribution in [-0.2, 0) is 9.53 Å². The molecular formula is C12H22O2. The molecule has 1 unspecified atom stereocenters. The highest BCUT2D eigenvalue weighted by Gasteiger charge is 2.35. The number of hydrogen-bond acceptors (Lipinski definition) is 2. The third-order valence-corrected chi connectivity index (χ3v) is 3.25. The van der Waals surface area contributed by atoms with Crippen LogP contribution in [0.3, 0.4) is 0 Å². The van der Waals surface area contributed by atoms with Crippen LogP contribution < -0.4 is 0 Å². The van der Waals surface area contributed by atoms with Gasteiger partial charge in [-0.1, -0.05) is 34.1 Å². The van der Waals surface area contributed by atoms with Crippen LogP contribution >= 0.6 is 0 Å². The van der Waals surface area contributed by atoms with E-state index in [0.29, 0.717) is 11.8 Å². The molecule has 0 N–H and O–H groups in total. The number of rotatable bonds is 3. The van der Waals surface area contributed by atoms with Gasteiger partial charge in [-0.3, -0.25) is 4.79 Å². The second kappa shape index (κ2) is 4.81. The molecule has 0 aliphatic carbocycles. The molecule has 0 radical (unpaired) electrons. The first-order valence-corrected chi connectivity index (χ1v) is 5.76. The first-order valence-electron chi connectivity index (χ1n) is 5.76. The lowest BCUT2D eigenvalue weighted by Gasteiger charge is -2.35. The zero-order valence-corrected chi connectivity index (χ0v) is 9.75. The minimum Gasteiger partial charge on any atom is -0.462 e. The maximum absolute atomic E-state index is 11.4. The van der Waals surface area contributed by atoms with Gasteiger partial charge in [0.15, 0.2) is 0 Å². The number of carbonyl (C=O) groups is 1. The minimum atomic E-state index is -0.00365. The molecule has 1 aliphatic rings. The number of carbonyl (C=O) groups excluding carboxylic acids is 1. The van der Waals surface area contributed by atoms with E-state index in [0.717, 1.165) is 19.3 Å². The molecule has 14 heavy (non-hydrogen) atoms. The van der Waals surface area contributed by atoms with Gasteiger partial charge < -0.3 is 4.74 Å². The molecule has 0 spiro atoms. The summed E-state index contributed by atoms with van der Waals surface area (Å²) < 4.78 is 5.49. The average Bonchev–Trinajstić information content (AvgIpc) is 2.11. The Morgan fingerprint density at radius 3 is 2.71 bits per heavy atom. The number of esters is 1. The summed E-state index contributed by atoms with van der Waals surface area (Å²) in [5.74, 6) is 1.11. The Morgan fingerprint density at radius 1 is 1.50 bits per heavy atom. The first-order chi connectivity index (χ1) is 6.56. The second-order valence-corrected chi connectivity index (χ2v) is 4.78. The lowest BCUT2D eigenvalue weighted by Crippen LogP contribution is -2.39. The third kappa shape index (κ3) is 2.49. The van der Waals surface area contributed by atoms with E-state index in [1.165, 1.54) is 0 Å². The van der Waals surface area contributed by atoms with Gasteiger partial charge in [0.2, 0.25) is 0 Å². The zero-order valence-electron chi connectivity index (χ0n) is 9.75. The highest BCUT2D eigenvalue weighted by Crippen LogP contribution is 2.31. The zero-order chi connectivity index (χ0) is 10.7. The molecule has 0 amide bonds. The van der Waals surface area contributed by atoms with E-state index in [1.54, 1.807) is 0 Å². The van der Waals surface area contributed by atoms with Crippen LogP contribution in [0, 0.1) is 17.8 Å². The van der Waals surface area contributed by atoms with Crippen molar-refractivity contribution in [2.24, 2.45) is 17.8 Å². The molecule has 1 saturated heterocycles. The molecule has 1 heterocycles. The van der Waals surface area contributed by atoms with Crippen LogP contribution in [0.4, 0.5) is 0 Å². The summed E-state index contributed by atoms with van der Waals surface area (Å²) in [4.78, 5) is 11.4. The van der Waals surface area contributed by atoms with Crippen molar-refractivity contribution in [3.05, 3.63) is 0 Å². The molecule has 0 saturated carbocycles. The molecule has 1 rings (SSSR count). The first kappa shape index (κ1) is 11.5.